The van der Waals surface area contributed by atoms with E-state index in [0.717, 1.165) is 45.3 Å². The molecule has 0 saturated carbocycles. The van der Waals surface area contributed by atoms with Crippen molar-refractivity contribution in [2.45, 2.75) is 38.5 Å². The summed E-state index contributed by atoms with van der Waals surface area (Å²) in [6.45, 7) is 9.45. The Hall–Kier alpha value is -6.64. The van der Waals surface area contributed by atoms with Crippen molar-refractivity contribution in [3.63, 3.8) is 0 Å². The first-order valence-corrected chi connectivity index (χ1v) is 19.7. The van der Waals surface area contributed by atoms with Crippen LogP contribution in [0.3, 0.4) is 0 Å². The van der Waals surface area contributed by atoms with Crippen molar-refractivity contribution < 1.29 is 0 Å². The zero-order chi connectivity index (χ0) is 38.0. The van der Waals surface area contributed by atoms with Crippen molar-refractivity contribution >= 4 is 34.1 Å². The van der Waals surface area contributed by atoms with E-state index in [2.05, 4.69) is 232 Å². The molecule has 0 heterocycles. The Morgan fingerprint density at radius 1 is 0.304 bits per heavy atom. The monoisotopic (exact) mass is 720 g/mol. The third kappa shape index (κ3) is 5.24. The Bertz CT molecular complexity index is 2750. The van der Waals surface area contributed by atoms with Crippen molar-refractivity contribution in [3.8, 4) is 33.4 Å². The van der Waals surface area contributed by atoms with Gasteiger partial charge < -0.3 is 9.80 Å². The van der Waals surface area contributed by atoms with Crippen LogP contribution in [0, 0.1) is 0 Å². The third-order valence-electron chi connectivity index (χ3n) is 12.2. The summed E-state index contributed by atoms with van der Waals surface area (Å²) in [4.78, 5) is 4.95. The largest absolute Gasteiger partial charge is 0.308 e. The molecule has 0 unspecified atom stereocenters. The van der Waals surface area contributed by atoms with Crippen LogP contribution in [0.1, 0.15) is 49.9 Å². The van der Waals surface area contributed by atoms with Gasteiger partial charge in [0.1, 0.15) is 0 Å². The lowest BCUT2D eigenvalue weighted by Crippen LogP contribution is -2.20. The molecule has 0 amide bonds. The van der Waals surface area contributed by atoms with E-state index in [4.69, 9.17) is 0 Å². The van der Waals surface area contributed by atoms with Crippen molar-refractivity contribution in [2.75, 3.05) is 9.80 Å². The first-order valence-electron chi connectivity index (χ1n) is 19.7. The number of para-hydroxylation sites is 3. The molecule has 0 aliphatic heterocycles. The van der Waals surface area contributed by atoms with Crippen LogP contribution in [0.2, 0.25) is 0 Å². The molecule has 0 bridgehead atoms. The highest BCUT2D eigenvalue weighted by atomic mass is 15.2. The Labute approximate surface area is 331 Å². The molecule has 0 radical (unpaired) electrons. The summed E-state index contributed by atoms with van der Waals surface area (Å²) >= 11 is 0. The molecule has 10 rings (SSSR count). The molecule has 0 spiro atoms. The highest BCUT2D eigenvalue weighted by Crippen LogP contribution is 2.55. The van der Waals surface area contributed by atoms with Gasteiger partial charge in [0.15, 0.2) is 0 Å². The standard InChI is InChI=1S/C54H44N2/c1-53(2)47-28-16-14-25-43(47)45-33-31-40(35-49(45)53)55(38-21-10-6-11-22-38)51-30-18-27-42(37-19-8-5-9-20-37)52(51)56(39-23-12-7-13-24-39)41-32-34-46-44-26-15-17-29-48(44)54(3,4)50(46)36-41/h5-36H,1-4H3. The number of nitrogens with zero attached hydrogens (tertiary/aromatic N) is 2. The van der Waals surface area contributed by atoms with E-state index in [1.165, 1.54) is 44.5 Å². The predicted molar refractivity (Wildman–Crippen MR) is 236 cm³/mol. The van der Waals surface area contributed by atoms with E-state index < -0.39 is 0 Å². The Morgan fingerprint density at radius 2 is 0.714 bits per heavy atom. The van der Waals surface area contributed by atoms with Gasteiger partial charge in [-0.25, -0.2) is 0 Å². The maximum Gasteiger partial charge on any atom is 0.0781 e. The van der Waals surface area contributed by atoms with Crippen LogP contribution in [0.15, 0.2) is 194 Å². The third-order valence-corrected chi connectivity index (χ3v) is 12.2. The molecule has 0 fully saturated rings. The molecule has 8 aromatic carbocycles. The van der Waals surface area contributed by atoms with Crippen LogP contribution in [-0.4, -0.2) is 0 Å². The first kappa shape index (κ1) is 33.9. The Morgan fingerprint density at radius 3 is 1.25 bits per heavy atom. The minimum absolute atomic E-state index is 0.135. The lowest BCUT2D eigenvalue weighted by Gasteiger charge is -2.35. The lowest BCUT2D eigenvalue weighted by molar-refractivity contribution is 0.660. The highest BCUT2D eigenvalue weighted by molar-refractivity contribution is 6.00. The molecular formula is C54H44N2. The van der Waals surface area contributed by atoms with E-state index >= 15 is 0 Å². The average molecular weight is 721 g/mol. The molecule has 0 atom stereocenters. The van der Waals surface area contributed by atoms with E-state index in [1.807, 2.05) is 0 Å². The Kier molecular flexibility index (Phi) is 7.87. The van der Waals surface area contributed by atoms with Gasteiger partial charge in [-0.2, -0.15) is 0 Å². The van der Waals surface area contributed by atoms with Crippen LogP contribution in [0.25, 0.3) is 33.4 Å². The van der Waals surface area contributed by atoms with Gasteiger partial charge in [-0.05, 0) is 105 Å². The quantitative estimate of drug-likeness (QED) is 0.162. The molecule has 2 aliphatic carbocycles. The topological polar surface area (TPSA) is 6.48 Å². The summed E-state index contributed by atoms with van der Waals surface area (Å²) in [5.74, 6) is 0. The minimum Gasteiger partial charge on any atom is -0.308 e. The average Bonchev–Trinajstić information content (AvgIpc) is 3.61. The molecular weight excluding hydrogens is 677 g/mol. The van der Waals surface area contributed by atoms with Gasteiger partial charge in [-0.1, -0.05) is 167 Å². The molecule has 0 saturated heterocycles. The summed E-state index contributed by atoms with van der Waals surface area (Å²) < 4.78 is 0. The van der Waals surface area contributed by atoms with Gasteiger partial charge >= 0.3 is 0 Å². The van der Waals surface area contributed by atoms with Gasteiger partial charge in [0, 0.05) is 39.1 Å². The number of hydrogen-bond donors (Lipinski definition) is 0. The van der Waals surface area contributed by atoms with Gasteiger partial charge in [0.05, 0.1) is 11.4 Å². The van der Waals surface area contributed by atoms with Gasteiger partial charge in [-0.15, -0.1) is 0 Å². The normalized spacial score (nSPS) is 14.0. The fourth-order valence-electron chi connectivity index (χ4n) is 9.45. The van der Waals surface area contributed by atoms with E-state index in [0.29, 0.717) is 0 Å². The first-order chi connectivity index (χ1) is 27.3. The second-order valence-corrected chi connectivity index (χ2v) is 16.2. The summed E-state index contributed by atoms with van der Waals surface area (Å²) in [5.41, 5.74) is 19.4. The smallest absolute Gasteiger partial charge is 0.0781 e. The molecule has 56 heavy (non-hydrogen) atoms. The second-order valence-electron chi connectivity index (χ2n) is 16.2. The lowest BCUT2D eigenvalue weighted by atomic mass is 9.82. The highest BCUT2D eigenvalue weighted by Gasteiger charge is 2.38. The maximum absolute atomic E-state index is 2.49. The van der Waals surface area contributed by atoms with Crippen LogP contribution >= 0.6 is 0 Å². The predicted octanol–water partition coefficient (Wildman–Crippen LogP) is 14.9. The van der Waals surface area contributed by atoms with Gasteiger partial charge in [-0.3, -0.25) is 0 Å². The molecule has 8 aromatic rings. The van der Waals surface area contributed by atoms with E-state index in [1.54, 1.807) is 0 Å². The summed E-state index contributed by atoms with van der Waals surface area (Å²) in [5, 5.41) is 0. The van der Waals surface area contributed by atoms with Crippen molar-refractivity contribution in [1.29, 1.82) is 0 Å². The van der Waals surface area contributed by atoms with Crippen LogP contribution < -0.4 is 9.80 Å². The van der Waals surface area contributed by atoms with Crippen molar-refractivity contribution in [3.05, 3.63) is 216 Å². The number of rotatable bonds is 7. The molecule has 0 aromatic heterocycles. The van der Waals surface area contributed by atoms with Crippen molar-refractivity contribution in [2.24, 2.45) is 0 Å². The molecule has 2 heteroatoms. The minimum atomic E-state index is -0.142. The van der Waals surface area contributed by atoms with Gasteiger partial charge in [0.25, 0.3) is 0 Å². The second kappa shape index (κ2) is 13.0. The fourth-order valence-corrected chi connectivity index (χ4v) is 9.45. The molecule has 0 N–H and O–H groups in total. The number of fused-ring (bicyclic) bond motifs is 6. The molecule has 270 valence electrons. The van der Waals surface area contributed by atoms with Crippen LogP contribution in [-0.2, 0) is 10.8 Å². The van der Waals surface area contributed by atoms with Gasteiger partial charge in [0.2, 0.25) is 0 Å². The van der Waals surface area contributed by atoms with Crippen molar-refractivity contribution in [1.82, 2.24) is 0 Å². The summed E-state index contributed by atoms with van der Waals surface area (Å²) in [6, 6.07) is 71.3. The maximum atomic E-state index is 2.49. The summed E-state index contributed by atoms with van der Waals surface area (Å²) in [7, 11) is 0. The Balaban J connectivity index is 1.25. The fraction of sp³-hybridized carbons (Fsp3) is 0.111. The number of hydrogen-bond acceptors (Lipinski definition) is 2. The number of benzene rings is 8. The number of anilines is 6. The SMILES string of the molecule is CC1(C)c2ccccc2-c2ccc(N(c3ccccc3)c3cccc(-c4ccccc4)c3N(c3ccccc3)c3ccc4c(c3)C(C)(C)c3ccccc3-4)cc21. The van der Waals surface area contributed by atoms with E-state index in [9.17, 15) is 0 Å². The molecule has 2 aliphatic rings. The molecule has 2 nitrogen and oxygen atoms in total. The van der Waals surface area contributed by atoms with Crippen LogP contribution in [0.5, 0.6) is 0 Å². The summed E-state index contributed by atoms with van der Waals surface area (Å²) in [6.07, 6.45) is 0. The zero-order valence-corrected chi connectivity index (χ0v) is 32.4. The van der Waals surface area contributed by atoms with E-state index in [-0.39, 0.29) is 10.8 Å². The van der Waals surface area contributed by atoms with Crippen LogP contribution in [0.4, 0.5) is 34.1 Å². The zero-order valence-electron chi connectivity index (χ0n) is 32.4.